The molecule has 0 unspecified atom stereocenters. The third-order valence-corrected chi connectivity index (χ3v) is 4.84. The molecule has 2 rings (SSSR count). The molecule has 0 bridgehead atoms. The second-order valence-electron chi connectivity index (χ2n) is 7.41. The summed E-state index contributed by atoms with van der Waals surface area (Å²) in [5, 5.41) is 0. The molecule has 154 valence electrons. The second-order valence-corrected chi connectivity index (χ2v) is 7.41. The molecule has 0 amide bonds. The van der Waals surface area contributed by atoms with Crippen molar-refractivity contribution in [2.75, 3.05) is 19.8 Å². The molecule has 0 saturated heterocycles. The molecule has 0 spiro atoms. The van der Waals surface area contributed by atoms with Gasteiger partial charge in [0.15, 0.2) is 0 Å². The van der Waals surface area contributed by atoms with E-state index in [9.17, 15) is 0 Å². The van der Waals surface area contributed by atoms with Crippen molar-refractivity contribution in [1.82, 2.24) is 4.98 Å². The SMILES string of the molecule is CCCCCCCc1ccc(-c2ccc(OCCCCOCCC)cc2)nc1. The Labute approximate surface area is 171 Å². The van der Waals surface area contributed by atoms with E-state index in [1.54, 1.807) is 0 Å². The smallest absolute Gasteiger partial charge is 0.119 e. The summed E-state index contributed by atoms with van der Waals surface area (Å²) in [6.45, 7) is 6.81. The van der Waals surface area contributed by atoms with Gasteiger partial charge in [-0.3, -0.25) is 4.98 Å². The number of aromatic nitrogens is 1. The van der Waals surface area contributed by atoms with E-state index in [2.05, 4.69) is 43.1 Å². The number of benzene rings is 1. The lowest BCUT2D eigenvalue weighted by Gasteiger charge is -2.08. The normalized spacial score (nSPS) is 10.9. The minimum atomic E-state index is 0.736. The van der Waals surface area contributed by atoms with Crippen LogP contribution in [0.15, 0.2) is 42.6 Å². The summed E-state index contributed by atoms with van der Waals surface area (Å²) in [5.41, 5.74) is 3.49. The van der Waals surface area contributed by atoms with Gasteiger partial charge in [-0.1, -0.05) is 45.6 Å². The molecule has 28 heavy (non-hydrogen) atoms. The molecule has 1 aromatic carbocycles. The molecular weight excluding hydrogens is 346 g/mol. The predicted octanol–water partition coefficient (Wildman–Crippen LogP) is 6.85. The van der Waals surface area contributed by atoms with Crippen LogP contribution in [0, 0.1) is 0 Å². The minimum Gasteiger partial charge on any atom is -0.494 e. The molecule has 0 aliphatic heterocycles. The summed E-state index contributed by atoms with van der Waals surface area (Å²) in [6, 6.07) is 12.6. The first-order valence-electron chi connectivity index (χ1n) is 11.1. The molecule has 3 heteroatoms. The van der Waals surface area contributed by atoms with E-state index in [0.717, 1.165) is 62.5 Å². The van der Waals surface area contributed by atoms with Crippen LogP contribution in [-0.2, 0) is 11.2 Å². The molecule has 0 aliphatic carbocycles. The summed E-state index contributed by atoms with van der Waals surface area (Å²) in [4.78, 5) is 4.65. The van der Waals surface area contributed by atoms with Gasteiger partial charge in [0, 0.05) is 25.0 Å². The number of nitrogens with zero attached hydrogens (tertiary/aromatic N) is 1. The highest BCUT2D eigenvalue weighted by Gasteiger charge is 2.02. The van der Waals surface area contributed by atoms with Crippen molar-refractivity contribution >= 4 is 0 Å². The fourth-order valence-electron chi connectivity index (χ4n) is 3.14. The first kappa shape index (κ1) is 22.4. The Bertz CT molecular complexity index is 622. The molecule has 0 radical (unpaired) electrons. The van der Waals surface area contributed by atoms with Crippen LogP contribution in [0.2, 0.25) is 0 Å². The van der Waals surface area contributed by atoms with Crippen LogP contribution in [0.1, 0.15) is 70.8 Å². The van der Waals surface area contributed by atoms with E-state index in [4.69, 9.17) is 9.47 Å². The molecule has 2 aromatic rings. The van der Waals surface area contributed by atoms with Gasteiger partial charge in [0.05, 0.1) is 12.3 Å². The van der Waals surface area contributed by atoms with Crippen LogP contribution in [0.4, 0.5) is 0 Å². The molecule has 1 aromatic heterocycles. The van der Waals surface area contributed by atoms with E-state index in [1.807, 2.05) is 18.3 Å². The van der Waals surface area contributed by atoms with Crippen LogP contribution in [0.3, 0.4) is 0 Å². The van der Waals surface area contributed by atoms with Gasteiger partial charge in [-0.15, -0.1) is 0 Å². The number of aryl methyl sites for hydroxylation is 1. The third kappa shape index (κ3) is 8.88. The predicted molar refractivity (Wildman–Crippen MR) is 118 cm³/mol. The molecule has 0 saturated carbocycles. The van der Waals surface area contributed by atoms with Gasteiger partial charge in [-0.2, -0.15) is 0 Å². The zero-order valence-electron chi connectivity index (χ0n) is 17.8. The third-order valence-electron chi connectivity index (χ3n) is 4.84. The lowest BCUT2D eigenvalue weighted by atomic mass is 10.1. The standard InChI is InChI=1S/C25H37NO2/c1-3-5-6-7-8-11-22-12-17-25(26-21-22)23-13-15-24(16-14-23)28-20-10-9-19-27-18-4-2/h12-17,21H,3-11,18-20H2,1-2H3. The van der Waals surface area contributed by atoms with Crippen LogP contribution in [0.25, 0.3) is 11.3 Å². The zero-order chi connectivity index (χ0) is 19.9. The maximum atomic E-state index is 5.82. The van der Waals surface area contributed by atoms with Crippen molar-refractivity contribution in [3.8, 4) is 17.0 Å². The maximum absolute atomic E-state index is 5.82. The first-order chi connectivity index (χ1) is 13.8. The van der Waals surface area contributed by atoms with Gasteiger partial charge in [-0.05, 0) is 68.0 Å². The lowest BCUT2D eigenvalue weighted by molar-refractivity contribution is 0.127. The molecular formula is C25H37NO2. The first-order valence-corrected chi connectivity index (χ1v) is 11.1. The number of hydrogen-bond donors (Lipinski definition) is 0. The van der Waals surface area contributed by atoms with E-state index < -0.39 is 0 Å². The summed E-state index contributed by atoms with van der Waals surface area (Å²) in [6.07, 6.45) is 12.9. The average Bonchev–Trinajstić information content (AvgIpc) is 2.74. The topological polar surface area (TPSA) is 31.4 Å². The van der Waals surface area contributed by atoms with E-state index in [1.165, 1.54) is 37.7 Å². The Hall–Kier alpha value is -1.87. The van der Waals surface area contributed by atoms with Crippen molar-refractivity contribution in [3.05, 3.63) is 48.2 Å². The molecule has 0 atom stereocenters. The maximum Gasteiger partial charge on any atom is 0.119 e. The molecule has 0 aliphatic rings. The van der Waals surface area contributed by atoms with Crippen LogP contribution < -0.4 is 4.74 Å². The summed E-state index contributed by atoms with van der Waals surface area (Å²) in [7, 11) is 0. The highest BCUT2D eigenvalue weighted by Crippen LogP contribution is 2.21. The van der Waals surface area contributed by atoms with Gasteiger partial charge in [-0.25, -0.2) is 0 Å². The number of hydrogen-bond acceptors (Lipinski definition) is 3. The largest absolute Gasteiger partial charge is 0.494 e. The lowest BCUT2D eigenvalue weighted by Crippen LogP contribution is -2.01. The monoisotopic (exact) mass is 383 g/mol. The Morgan fingerprint density at radius 2 is 1.50 bits per heavy atom. The van der Waals surface area contributed by atoms with Crippen molar-refractivity contribution in [2.45, 2.75) is 71.6 Å². The number of rotatable bonds is 15. The average molecular weight is 384 g/mol. The van der Waals surface area contributed by atoms with Crippen molar-refractivity contribution in [3.63, 3.8) is 0 Å². The summed E-state index contributed by atoms with van der Waals surface area (Å²) >= 11 is 0. The highest BCUT2D eigenvalue weighted by atomic mass is 16.5. The Balaban J connectivity index is 1.70. The van der Waals surface area contributed by atoms with Gasteiger partial charge < -0.3 is 9.47 Å². The molecule has 3 nitrogen and oxygen atoms in total. The Morgan fingerprint density at radius 3 is 2.21 bits per heavy atom. The van der Waals surface area contributed by atoms with E-state index in [-0.39, 0.29) is 0 Å². The van der Waals surface area contributed by atoms with Crippen molar-refractivity contribution < 1.29 is 9.47 Å². The van der Waals surface area contributed by atoms with Crippen molar-refractivity contribution in [2.24, 2.45) is 0 Å². The Kier molecular flexibility index (Phi) is 11.3. The minimum absolute atomic E-state index is 0.736. The fourth-order valence-corrected chi connectivity index (χ4v) is 3.14. The highest BCUT2D eigenvalue weighted by molar-refractivity contribution is 5.60. The van der Waals surface area contributed by atoms with Gasteiger partial charge in [0.2, 0.25) is 0 Å². The Morgan fingerprint density at radius 1 is 0.714 bits per heavy atom. The van der Waals surface area contributed by atoms with E-state index in [0.29, 0.717) is 0 Å². The van der Waals surface area contributed by atoms with Gasteiger partial charge in [0.1, 0.15) is 5.75 Å². The molecule has 1 heterocycles. The molecule has 0 fully saturated rings. The van der Waals surface area contributed by atoms with Crippen LogP contribution >= 0.6 is 0 Å². The fraction of sp³-hybridized carbons (Fsp3) is 0.560. The van der Waals surface area contributed by atoms with Crippen molar-refractivity contribution in [1.29, 1.82) is 0 Å². The zero-order valence-corrected chi connectivity index (χ0v) is 17.8. The van der Waals surface area contributed by atoms with Gasteiger partial charge >= 0.3 is 0 Å². The van der Waals surface area contributed by atoms with Crippen LogP contribution in [-0.4, -0.2) is 24.8 Å². The summed E-state index contributed by atoms with van der Waals surface area (Å²) < 4.78 is 11.3. The van der Waals surface area contributed by atoms with E-state index >= 15 is 0 Å². The number of ether oxygens (including phenoxy) is 2. The number of unbranched alkanes of at least 4 members (excludes halogenated alkanes) is 5. The second kappa shape index (κ2) is 14.2. The van der Waals surface area contributed by atoms with Crippen LogP contribution in [0.5, 0.6) is 5.75 Å². The number of pyridine rings is 1. The molecule has 0 N–H and O–H groups in total. The summed E-state index contributed by atoms with van der Waals surface area (Å²) in [5.74, 6) is 0.918. The quantitative estimate of drug-likeness (QED) is 0.315. The van der Waals surface area contributed by atoms with Gasteiger partial charge in [0.25, 0.3) is 0 Å².